The molecule has 7 heteroatoms. The van der Waals surface area contributed by atoms with Gasteiger partial charge in [-0.3, -0.25) is 4.79 Å². The van der Waals surface area contributed by atoms with Crippen molar-refractivity contribution in [2.24, 2.45) is 0 Å². The van der Waals surface area contributed by atoms with Crippen molar-refractivity contribution in [1.29, 1.82) is 0 Å². The number of fused-ring (bicyclic) bond motifs is 1. The number of nitrogens with one attached hydrogen (secondary N) is 1. The van der Waals surface area contributed by atoms with E-state index in [1.807, 2.05) is 48.5 Å². The number of rotatable bonds is 7. The van der Waals surface area contributed by atoms with E-state index in [2.05, 4.69) is 26.5 Å². The predicted octanol–water partition coefficient (Wildman–Crippen LogP) is 3.64. The fourth-order valence-corrected chi connectivity index (χ4v) is 3.67. The molecule has 1 N–H and O–H groups in total. The molecule has 1 amide bonds. The largest absolute Gasteiger partial charge is 0.356 e. The van der Waals surface area contributed by atoms with Gasteiger partial charge in [-0.25, -0.2) is 4.98 Å². The lowest BCUT2D eigenvalue weighted by Crippen LogP contribution is -2.25. The van der Waals surface area contributed by atoms with Crippen molar-refractivity contribution in [2.75, 3.05) is 6.54 Å². The molecule has 0 aliphatic rings. The number of thiazole rings is 1. The van der Waals surface area contributed by atoms with Gasteiger partial charge in [0.2, 0.25) is 17.6 Å². The number of benzene rings is 2. The van der Waals surface area contributed by atoms with Crippen LogP contribution in [-0.4, -0.2) is 27.6 Å². The average molecular weight is 378 g/mol. The van der Waals surface area contributed by atoms with Crippen LogP contribution < -0.4 is 5.32 Å². The standard InChI is InChI=1S/C20H18N4O2S/c25-17(21-13-12-19-22-15-8-4-5-9-16(15)27-19)10-11-18-23-20(24-26-18)14-6-2-1-3-7-14/h1-9H,10-13H2,(H,21,25). The third-order valence-electron chi connectivity index (χ3n) is 4.07. The van der Waals surface area contributed by atoms with E-state index in [0.717, 1.165) is 22.5 Å². The van der Waals surface area contributed by atoms with Gasteiger partial charge in [-0.15, -0.1) is 11.3 Å². The SMILES string of the molecule is O=C(CCc1nc(-c2ccccc2)no1)NCCc1nc2ccccc2s1. The Hall–Kier alpha value is -3.06. The van der Waals surface area contributed by atoms with Gasteiger partial charge in [0, 0.05) is 31.4 Å². The van der Waals surface area contributed by atoms with E-state index >= 15 is 0 Å². The van der Waals surface area contributed by atoms with Crippen molar-refractivity contribution in [3.8, 4) is 11.4 Å². The van der Waals surface area contributed by atoms with Crippen LogP contribution in [0.4, 0.5) is 0 Å². The van der Waals surface area contributed by atoms with Crippen molar-refractivity contribution < 1.29 is 9.32 Å². The molecule has 2 aromatic heterocycles. The molecule has 0 unspecified atom stereocenters. The van der Waals surface area contributed by atoms with Gasteiger partial charge in [0.05, 0.1) is 15.2 Å². The van der Waals surface area contributed by atoms with Crippen molar-refractivity contribution in [1.82, 2.24) is 20.4 Å². The van der Waals surface area contributed by atoms with Gasteiger partial charge in [0.15, 0.2) is 0 Å². The van der Waals surface area contributed by atoms with Crippen LogP contribution >= 0.6 is 11.3 Å². The van der Waals surface area contributed by atoms with E-state index < -0.39 is 0 Å². The topological polar surface area (TPSA) is 80.9 Å². The Bertz CT molecular complexity index is 1010. The second-order valence-corrected chi connectivity index (χ2v) is 7.17. The normalized spacial score (nSPS) is 11.0. The molecule has 4 rings (SSSR count). The number of aromatic nitrogens is 3. The van der Waals surface area contributed by atoms with Crippen LogP contribution in [0, 0.1) is 0 Å². The zero-order chi connectivity index (χ0) is 18.5. The van der Waals surface area contributed by atoms with Gasteiger partial charge in [-0.05, 0) is 12.1 Å². The van der Waals surface area contributed by atoms with E-state index in [1.165, 1.54) is 4.70 Å². The zero-order valence-electron chi connectivity index (χ0n) is 14.6. The van der Waals surface area contributed by atoms with Crippen LogP contribution in [0.1, 0.15) is 17.3 Å². The molecule has 0 saturated heterocycles. The highest BCUT2D eigenvalue weighted by atomic mass is 32.1. The lowest BCUT2D eigenvalue weighted by molar-refractivity contribution is -0.121. The lowest BCUT2D eigenvalue weighted by atomic mass is 10.2. The van der Waals surface area contributed by atoms with E-state index in [1.54, 1.807) is 11.3 Å². The van der Waals surface area contributed by atoms with Gasteiger partial charge in [0.25, 0.3) is 0 Å². The van der Waals surface area contributed by atoms with E-state index in [-0.39, 0.29) is 5.91 Å². The molecular formula is C20H18N4O2S. The van der Waals surface area contributed by atoms with Crippen LogP contribution in [-0.2, 0) is 17.6 Å². The quantitative estimate of drug-likeness (QED) is 0.531. The zero-order valence-corrected chi connectivity index (χ0v) is 15.4. The maximum absolute atomic E-state index is 12.0. The molecule has 27 heavy (non-hydrogen) atoms. The summed E-state index contributed by atoms with van der Waals surface area (Å²) >= 11 is 1.66. The van der Waals surface area contributed by atoms with Gasteiger partial charge in [0.1, 0.15) is 0 Å². The molecule has 4 aromatic rings. The lowest BCUT2D eigenvalue weighted by Gasteiger charge is -2.02. The van der Waals surface area contributed by atoms with Crippen molar-refractivity contribution >= 4 is 27.5 Å². The molecule has 0 aliphatic carbocycles. The number of carbonyl (C=O) groups is 1. The number of nitrogens with zero attached hydrogens (tertiary/aromatic N) is 3. The first-order chi connectivity index (χ1) is 13.3. The molecular weight excluding hydrogens is 360 g/mol. The third kappa shape index (κ3) is 4.38. The molecule has 0 bridgehead atoms. The van der Waals surface area contributed by atoms with Gasteiger partial charge >= 0.3 is 0 Å². The first-order valence-corrected chi connectivity index (χ1v) is 9.59. The minimum Gasteiger partial charge on any atom is -0.356 e. The summed E-state index contributed by atoms with van der Waals surface area (Å²) in [4.78, 5) is 20.9. The molecule has 0 aliphatic heterocycles. The van der Waals surface area contributed by atoms with Crippen molar-refractivity contribution in [2.45, 2.75) is 19.3 Å². The second kappa shape index (κ2) is 8.09. The minimum absolute atomic E-state index is 0.0319. The Balaban J connectivity index is 1.23. The predicted molar refractivity (Wildman–Crippen MR) is 104 cm³/mol. The summed E-state index contributed by atoms with van der Waals surface area (Å²) in [6, 6.07) is 17.7. The Morgan fingerprint density at radius 3 is 2.67 bits per heavy atom. The number of hydrogen-bond donors (Lipinski definition) is 1. The van der Waals surface area contributed by atoms with E-state index in [0.29, 0.717) is 31.1 Å². The molecule has 0 atom stereocenters. The maximum atomic E-state index is 12.0. The summed E-state index contributed by atoms with van der Waals surface area (Å²) in [5.74, 6) is 0.979. The van der Waals surface area contributed by atoms with Crippen LogP contribution in [0.5, 0.6) is 0 Å². The highest BCUT2D eigenvalue weighted by Crippen LogP contribution is 2.21. The fraction of sp³-hybridized carbons (Fsp3) is 0.200. The average Bonchev–Trinajstić information content (AvgIpc) is 3.34. The highest BCUT2D eigenvalue weighted by molar-refractivity contribution is 7.18. The maximum Gasteiger partial charge on any atom is 0.227 e. The third-order valence-corrected chi connectivity index (χ3v) is 5.16. The number of amides is 1. The number of hydrogen-bond acceptors (Lipinski definition) is 6. The molecule has 0 fully saturated rings. The number of carbonyl (C=O) groups excluding carboxylic acids is 1. The smallest absolute Gasteiger partial charge is 0.227 e. The van der Waals surface area contributed by atoms with E-state index in [9.17, 15) is 4.79 Å². The van der Waals surface area contributed by atoms with Crippen LogP contribution in [0.15, 0.2) is 59.1 Å². The van der Waals surface area contributed by atoms with Gasteiger partial charge < -0.3 is 9.84 Å². The highest BCUT2D eigenvalue weighted by Gasteiger charge is 2.10. The molecule has 0 spiro atoms. The Morgan fingerprint density at radius 2 is 1.81 bits per heavy atom. The molecule has 6 nitrogen and oxygen atoms in total. The Morgan fingerprint density at radius 1 is 1.00 bits per heavy atom. The Kier molecular flexibility index (Phi) is 5.20. The Labute approximate surface area is 160 Å². The number of aryl methyl sites for hydroxylation is 1. The monoisotopic (exact) mass is 378 g/mol. The number of para-hydroxylation sites is 1. The summed E-state index contributed by atoms with van der Waals surface area (Å²) in [6.07, 6.45) is 1.47. The van der Waals surface area contributed by atoms with Crippen LogP contribution in [0.25, 0.3) is 21.6 Å². The molecule has 2 heterocycles. The van der Waals surface area contributed by atoms with Crippen molar-refractivity contribution in [3.05, 3.63) is 65.5 Å². The summed E-state index contributed by atoms with van der Waals surface area (Å²) in [5, 5.41) is 7.91. The fourth-order valence-electron chi connectivity index (χ4n) is 2.71. The van der Waals surface area contributed by atoms with Gasteiger partial charge in [-0.2, -0.15) is 4.98 Å². The first kappa shape index (κ1) is 17.4. The van der Waals surface area contributed by atoms with Crippen LogP contribution in [0.3, 0.4) is 0 Å². The summed E-state index contributed by atoms with van der Waals surface area (Å²) in [5.41, 5.74) is 1.90. The van der Waals surface area contributed by atoms with Crippen molar-refractivity contribution in [3.63, 3.8) is 0 Å². The summed E-state index contributed by atoms with van der Waals surface area (Å²) in [7, 11) is 0. The van der Waals surface area contributed by atoms with Gasteiger partial charge in [-0.1, -0.05) is 47.6 Å². The molecule has 0 radical (unpaired) electrons. The summed E-state index contributed by atoms with van der Waals surface area (Å²) in [6.45, 7) is 0.567. The summed E-state index contributed by atoms with van der Waals surface area (Å²) < 4.78 is 6.40. The minimum atomic E-state index is -0.0319. The van der Waals surface area contributed by atoms with Crippen LogP contribution in [0.2, 0.25) is 0 Å². The molecule has 0 saturated carbocycles. The first-order valence-electron chi connectivity index (χ1n) is 8.77. The second-order valence-electron chi connectivity index (χ2n) is 6.05. The molecule has 136 valence electrons. The molecule has 2 aromatic carbocycles. The van der Waals surface area contributed by atoms with E-state index in [4.69, 9.17) is 4.52 Å².